The molecule has 0 saturated carbocycles. The fraction of sp³-hybridized carbons (Fsp3) is 0.0625. The van der Waals surface area contributed by atoms with Gasteiger partial charge < -0.3 is 0 Å². The summed E-state index contributed by atoms with van der Waals surface area (Å²) in [6, 6.07) is 8.55. The Kier molecular flexibility index (Phi) is 4.71. The molecule has 1 aliphatic rings. The molecular weight excluding hydrogens is 355 g/mol. The van der Waals surface area contributed by atoms with Gasteiger partial charge >= 0.3 is 0 Å². The molecule has 0 radical (unpaired) electrons. The molecule has 4 nitrogen and oxygen atoms in total. The molecule has 1 aromatic carbocycles. The summed E-state index contributed by atoms with van der Waals surface area (Å²) in [7, 11) is 0. The summed E-state index contributed by atoms with van der Waals surface area (Å²) >= 11 is 12.9. The number of imide groups is 1. The Bertz CT molecular complexity index is 809. The molecule has 1 aliphatic heterocycles. The van der Waals surface area contributed by atoms with Crippen LogP contribution in [0, 0.1) is 0 Å². The van der Waals surface area contributed by atoms with Crippen LogP contribution in [-0.2, 0) is 11.3 Å². The number of halogens is 2. The SMILES string of the molecule is O=C1S/C(=C/c2cccnc2)C(=O)N1Cc1ccc(Cl)cc1Cl. The van der Waals surface area contributed by atoms with Crippen molar-refractivity contribution in [1.82, 2.24) is 9.88 Å². The highest BCUT2D eigenvalue weighted by Crippen LogP contribution is 2.34. The zero-order chi connectivity index (χ0) is 16.4. The van der Waals surface area contributed by atoms with Crippen LogP contribution in [0.15, 0.2) is 47.6 Å². The first-order valence-electron chi connectivity index (χ1n) is 6.64. The summed E-state index contributed by atoms with van der Waals surface area (Å²) in [5.41, 5.74) is 1.43. The maximum absolute atomic E-state index is 12.4. The van der Waals surface area contributed by atoms with Gasteiger partial charge in [-0.25, -0.2) is 0 Å². The number of thioether (sulfide) groups is 1. The number of hydrogen-bond acceptors (Lipinski definition) is 4. The van der Waals surface area contributed by atoms with Crippen LogP contribution in [0.5, 0.6) is 0 Å². The van der Waals surface area contributed by atoms with E-state index in [4.69, 9.17) is 23.2 Å². The van der Waals surface area contributed by atoms with E-state index in [9.17, 15) is 9.59 Å². The van der Waals surface area contributed by atoms with E-state index in [1.807, 2.05) is 6.07 Å². The number of rotatable bonds is 3. The molecule has 7 heteroatoms. The molecule has 1 fully saturated rings. The Balaban J connectivity index is 1.83. The predicted octanol–water partition coefficient (Wildman–Crippen LogP) is 4.62. The fourth-order valence-electron chi connectivity index (χ4n) is 2.07. The molecule has 0 spiro atoms. The molecule has 2 heterocycles. The molecule has 1 saturated heterocycles. The lowest BCUT2D eigenvalue weighted by molar-refractivity contribution is -0.123. The highest BCUT2D eigenvalue weighted by molar-refractivity contribution is 8.18. The predicted molar refractivity (Wildman–Crippen MR) is 92.2 cm³/mol. The Morgan fingerprint density at radius 2 is 2.04 bits per heavy atom. The average Bonchev–Trinajstić information content (AvgIpc) is 2.78. The van der Waals surface area contributed by atoms with E-state index < -0.39 is 0 Å². The zero-order valence-electron chi connectivity index (χ0n) is 11.7. The minimum Gasteiger partial charge on any atom is -0.268 e. The van der Waals surface area contributed by atoms with Gasteiger partial charge in [0.05, 0.1) is 11.4 Å². The molecule has 2 amide bonds. The van der Waals surface area contributed by atoms with Gasteiger partial charge in [-0.2, -0.15) is 0 Å². The van der Waals surface area contributed by atoms with Crippen LogP contribution in [0.25, 0.3) is 6.08 Å². The van der Waals surface area contributed by atoms with Gasteiger partial charge in [0.1, 0.15) is 0 Å². The number of pyridine rings is 1. The van der Waals surface area contributed by atoms with Crippen molar-refractivity contribution >= 4 is 52.2 Å². The highest BCUT2D eigenvalue weighted by atomic mass is 35.5. The van der Waals surface area contributed by atoms with Gasteiger partial charge in [0.2, 0.25) is 0 Å². The molecule has 2 aromatic rings. The number of carbonyl (C=O) groups excluding carboxylic acids is 2. The molecule has 0 atom stereocenters. The first-order valence-corrected chi connectivity index (χ1v) is 8.21. The van der Waals surface area contributed by atoms with E-state index in [0.717, 1.165) is 17.3 Å². The second kappa shape index (κ2) is 6.74. The molecule has 0 bridgehead atoms. The van der Waals surface area contributed by atoms with Crippen LogP contribution in [0.4, 0.5) is 4.79 Å². The van der Waals surface area contributed by atoms with Crippen LogP contribution < -0.4 is 0 Å². The number of aromatic nitrogens is 1. The molecular formula is C16H10Cl2N2O2S. The van der Waals surface area contributed by atoms with Crippen LogP contribution in [0.3, 0.4) is 0 Å². The zero-order valence-corrected chi connectivity index (χ0v) is 14.0. The third kappa shape index (κ3) is 3.58. The summed E-state index contributed by atoms with van der Waals surface area (Å²) in [6.45, 7) is 0.116. The van der Waals surface area contributed by atoms with Gasteiger partial charge in [0, 0.05) is 22.4 Å². The van der Waals surface area contributed by atoms with Gasteiger partial charge in [-0.3, -0.25) is 19.5 Å². The molecule has 0 N–H and O–H groups in total. The first-order chi connectivity index (χ1) is 11.0. The van der Waals surface area contributed by atoms with Crippen molar-refractivity contribution in [2.45, 2.75) is 6.54 Å². The number of benzene rings is 1. The van der Waals surface area contributed by atoms with Gasteiger partial charge in [-0.05, 0) is 47.2 Å². The standard InChI is InChI=1S/C16H10Cl2N2O2S/c17-12-4-3-11(13(18)7-12)9-20-15(21)14(23-16(20)22)6-10-2-1-5-19-8-10/h1-8H,9H2/b14-6+. The van der Waals surface area contributed by atoms with E-state index in [-0.39, 0.29) is 17.7 Å². The van der Waals surface area contributed by atoms with Crippen LogP contribution >= 0.6 is 35.0 Å². The second-order valence-corrected chi connectivity index (χ2v) is 6.63. The average molecular weight is 365 g/mol. The normalized spacial score (nSPS) is 16.4. The van der Waals surface area contributed by atoms with Gasteiger partial charge in [-0.15, -0.1) is 0 Å². The van der Waals surface area contributed by atoms with Crippen molar-refractivity contribution in [3.63, 3.8) is 0 Å². The number of hydrogen-bond donors (Lipinski definition) is 0. The minimum absolute atomic E-state index is 0.116. The highest BCUT2D eigenvalue weighted by Gasteiger charge is 2.35. The lowest BCUT2D eigenvalue weighted by Crippen LogP contribution is -2.27. The van der Waals surface area contributed by atoms with Crippen molar-refractivity contribution in [2.75, 3.05) is 0 Å². The maximum atomic E-state index is 12.4. The van der Waals surface area contributed by atoms with Crippen molar-refractivity contribution in [3.05, 3.63) is 68.8 Å². The Morgan fingerprint density at radius 1 is 1.22 bits per heavy atom. The van der Waals surface area contributed by atoms with Gasteiger partial charge in [0.15, 0.2) is 0 Å². The monoisotopic (exact) mass is 364 g/mol. The third-order valence-corrected chi connectivity index (χ3v) is 4.69. The Hall–Kier alpha value is -1.82. The van der Waals surface area contributed by atoms with Crippen molar-refractivity contribution in [2.24, 2.45) is 0 Å². The van der Waals surface area contributed by atoms with Crippen LogP contribution in [0.1, 0.15) is 11.1 Å². The molecule has 3 rings (SSSR count). The van der Waals surface area contributed by atoms with E-state index in [1.165, 1.54) is 4.90 Å². The second-order valence-electron chi connectivity index (χ2n) is 4.79. The first kappa shape index (κ1) is 16.1. The smallest absolute Gasteiger partial charge is 0.268 e. The summed E-state index contributed by atoms with van der Waals surface area (Å²) in [5.74, 6) is -0.338. The molecule has 0 aliphatic carbocycles. The Labute approximate surface area is 147 Å². The van der Waals surface area contributed by atoms with Crippen molar-refractivity contribution in [3.8, 4) is 0 Å². The molecule has 1 aromatic heterocycles. The molecule has 23 heavy (non-hydrogen) atoms. The number of nitrogens with zero attached hydrogens (tertiary/aromatic N) is 2. The van der Waals surface area contributed by atoms with E-state index in [0.29, 0.717) is 20.5 Å². The summed E-state index contributed by atoms with van der Waals surface area (Å²) < 4.78 is 0. The quantitative estimate of drug-likeness (QED) is 0.745. The summed E-state index contributed by atoms with van der Waals surface area (Å²) in [6.07, 6.45) is 4.93. The van der Waals surface area contributed by atoms with E-state index >= 15 is 0 Å². The Morgan fingerprint density at radius 3 is 2.74 bits per heavy atom. The maximum Gasteiger partial charge on any atom is 0.293 e. The minimum atomic E-state index is -0.338. The third-order valence-electron chi connectivity index (χ3n) is 3.20. The van der Waals surface area contributed by atoms with E-state index in [1.54, 1.807) is 42.7 Å². The lowest BCUT2D eigenvalue weighted by Gasteiger charge is -2.13. The topological polar surface area (TPSA) is 50.3 Å². The lowest BCUT2D eigenvalue weighted by atomic mass is 10.2. The number of carbonyl (C=O) groups is 2. The summed E-state index contributed by atoms with van der Waals surface area (Å²) in [5, 5.41) is 0.605. The molecule has 0 unspecified atom stereocenters. The van der Waals surface area contributed by atoms with Gasteiger partial charge in [0.25, 0.3) is 11.1 Å². The molecule has 116 valence electrons. The van der Waals surface area contributed by atoms with Gasteiger partial charge in [-0.1, -0.05) is 35.3 Å². The van der Waals surface area contributed by atoms with Crippen molar-refractivity contribution < 1.29 is 9.59 Å². The largest absolute Gasteiger partial charge is 0.293 e. The van der Waals surface area contributed by atoms with Crippen LogP contribution in [-0.4, -0.2) is 21.0 Å². The number of amides is 2. The summed E-state index contributed by atoms with van der Waals surface area (Å²) in [4.78, 5) is 30.1. The fourth-order valence-corrected chi connectivity index (χ4v) is 3.38. The van der Waals surface area contributed by atoms with E-state index in [2.05, 4.69) is 4.98 Å². The van der Waals surface area contributed by atoms with Crippen molar-refractivity contribution in [1.29, 1.82) is 0 Å². The van der Waals surface area contributed by atoms with Crippen LogP contribution in [0.2, 0.25) is 10.0 Å².